The van der Waals surface area contributed by atoms with Gasteiger partial charge in [-0.25, -0.2) is 24.9 Å². The molecule has 0 saturated carbocycles. The molecule has 0 spiro atoms. The van der Waals surface area contributed by atoms with Crippen LogP contribution in [0.4, 0.5) is 0 Å². The van der Waals surface area contributed by atoms with E-state index in [1.165, 1.54) is 21.8 Å². The molecule has 0 saturated heterocycles. The number of para-hydroxylation sites is 6. The molecule has 8 nitrogen and oxygen atoms in total. The molecule has 4 heterocycles. The second kappa shape index (κ2) is 17.4. The summed E-state index contributed by atoms with van der Waals surface area (Å²) in [5.74, 6) is 2.96. The number of benzene rings is 10. The molecule has 0 atom stereocenters. The molecular weight excluding hydrogens is 897 g/mol. The van der Waals surface area contributed by atoms with Crippen molar-refractivity contribution in [2.45, 2.75) is 0 Å². The van der Waals surface area contributed by atoms with Gasteiger partial charge in [-0.05, 0) is 112 Å². The largest absolute Gasteiger partial charge is 0.436 e. The molecule has 0 fully saturated rings. The first-order valence-corrected chi connectivity index (χ1v) is 24.2. The maximum Gasteiger partial charge on any atom is 0.227 e. The van der Waals surface area contributed by atoms with Crippen LogP contribution in [0, 0.1) is 0 Å². The molecule has 10 aromatic carbocycles. The van der Waals surface area contributed by atoms with E-state index in [9.17, 15) is 0 Å². The summed E-state index contributed by atoms with van der Waals surface area (Å²) in [5, 5.41) is 2.42. The van der Waals surface area contributed by atoms with Gasteiger partial charge in [-0.1, -0.05) is 164 Å². The molecule has 0 aliphatic heterocycles. The highest BCUT2D eigenvalue weighted by Gasteiger charge is 2.17. The van der Waals surface area contributed by atoms with E-state index in [0.29, 0.717) is 29.3 Å². The average molecular weight is 937 g/mol. The summed E-state index contributed by atoms with van der Waals surface area (Å²) in [4.78, 5) is 24.7. The number of oxazole rings is 2. The van der Waals surface area contributed by atoms with Crippen molar-refractivity contribution >= 4 is 44.0 Å². The number of nitrogens with zero attached hydrogens (tertiary/aromatic N) is 6. The summed E-state index contributed by atoms with van der Waals surface area (Å²) >= 11 is 0. The molecule has 8 heteroatoms. The van der Waals surface area contributed by atoms with Crippen molar-refractivity contribution in [3.8, 4) is 96.1 Å². The Hall–Kier alpha value is -10.1. The monoisotopic (exact) mass is 936 g/mol. The molecule has 0 unspecified atom stereocenters. The smallest absolute Gasteiger partial charge is 0.227 e. The van der Waals surface area contributed by atoms with Gasteiger partial charge in [-0.2, -0.15) is 0 Å². The lowest BCUT2D eigenvalue weighted by molar-refractivity contribution is 0.619. The van der Waals surface area contributed by atoms with Crippen LogP contribution < -0.4 is 0 Å². The summed E-state index contributed by atoms with van der Waals surface area (Å²) in [6.07, 6.45) is 0. The fraction of sp³-hybridized carbons (Fsp3) is 0. The van der Waals surface area contributed by atoms with Gasteiger partial charge >= 0.3 is 0 Å². The van der Waals surface area contributed by atoms with Gasteiger partial charge in [0.1, 0.15) is 11.0 Å². The van der Waals surface area contributed by atoms with Crippen LogP contribution in [0.1, 0.15) is 0 Å². The minimum Gasteiger partial charge on any atom is -0.436 e. The lowest BCUT2D eigenvalue weighted by Crippen LogP contribution is -2.00. The number of fused-ring (bicyclic) bond motifs is 5. The van der Waals surface area contributed by atoms with E-state index in [4.69, 9.17) is 23.8 Å². The van der Waals surface area contributed by atoms with Gasteiger partial charge in [-0.15, -0.1) is 0 Å². The van der Waals surface area contributed by atoms with Crippen LogP contribution in [0.25, 0.3) is 140 Å². The number of hydrogen-bond donors (Lipinski definition) is 0. The molecule has 0 radical (unpaired) electrons. The molecule has 73 heavy (non-hydrogen) atoms. The zero-order valence-corrected chi connectivity index (χ0v) is 39.1. The number of rotatable bonds is 9. The van der Waals surface area contributed by atoms with Crippen LogP contribution in [0.3, 0.4) is 0 Å². The number of aromatic nitrogens is 6. The lowest BCUT2D eigenvalue weighted by Gasteiger charge is -2.11. The summed E-state index contributed by atoms with van der Waals surface area (Å²) in [7, 11) is 0. The van der Waals surface area contributed by atoms with Gasteiger partial charge in [0.2, 0.25) is 11.8 Å². The first-order chi connectivity index (χ1) is 36.1. The molecule has 14 rings (SSSR count). The molecule has 0 aliphatic carbocycles. The standard InChI is InChI=1S/C65H40N6O2/c1-2-10-52(11-3-1)71-57-15-7-4-12-53(57)54-40-51(38-39-58(54)71)45-22-32-48(33-23-45)63-69-61(46-28-18-41(19-29-46)43-24-34-49(35-25-43)64-66-55-13-5-8-16-59(55)72-64)68-62(70-63)47-30-20-42(21-31-47)44-26-36-50(37-27-44)65-67-56-14-6-9-17-60(56)73-65/h1-40H. The highest BCUT2D eigenvalue weighted by atomic mass is 16.4. The van der Waals surface area contributed by atoms with Crippen molar-refractivity contribution in [3.05, 3.63) is 243 Å². The van der Waals surface area contributed by atoms with Gasteiger partial charge in [0.25, 0.3) is 0 Å². The van der Waals surface area contributed by atoms with Gasteiger partial charge in [0.15, 0.2) is 28.6 Å². The molecule has 4 aromatic heterocycles. The zero-order chi connectivity index (χ0) is 48.2. The third kappa shape index (κ3) is 7.71. The van der Waals surface area contributed by atoms with Crippen molar-refractivity contribution in [2.75, 3.05) is 0 Å². The van der Waals surface area contributed by atoms with Gasteiger partial charge in [0, 0.05) is 44.3 Å². The van der Waals surface area contributed by atoms with Crippen LogP contribution in [-0.2, 0) is 0 Å². The fourth-order valence-electron chi connectivity index (χ4n) is 9.81. The van der Waals surface area contributed by atoms with E-state index in [0.717, 1.165) is 89.1 Å². The Bertz CT molecular complexity index is 4080. The first-order valence-electron chi connectivity index (χ1n) is 24.2. The minimum absolute atomic E-state index is 0.584. The molecule has 0 aliphatic rings. The Balaban J connectivity index is 0.791. The Kier molecular flexibility index (Phi) is 9.99. The Labute approximate surface area is 419 Å². The molecule has 14 aromatic rings. The van der Waals surface area contributed by atoms with E-state index >= 15 is 0 Å². The Morgan fingerprint density at radius 1 is 0.260 bits per heavy atom. The highest BCUT2D eigenvalue weighted by molar-refractivity contribution is 6.10. The average Bonchev–Trinajstić information content (AvgIpc) is 4.20. The zero-order valence-electron chi connectivity index (χ0n) is 39.1. The molecule has 0 amide bonds. The highest BCUT2D eigenvalue weighted by Crippen LogP contribution is 2.37. The van der Waals surface area contributed by atoms with Gasteiger partial charge < -0.3 is 13.4 Å². The molecular formula is C65H40N6O2. The van der Waals surface area contributed by atoms with Crippen molar-refractivity contribution in [1.29, 1.82) is 0 Å². The second-order valence-corrected chi connectivity index (χ2v) is 18.1. The van der Waals surface area contributed by atoms with Crippen LogP contribution in [0.15, 0.2) is 251 Å². The first kappa shape index (κ1) is 41.9. The quantitative estimate of drug-likeness (QED) is 0.142. The summed E-state index contributed by atoms with van der Waals surface area (Å²) in [6, 6.07) is 83.4. The van der Waals surface area contributed by atoms with Crippen molar-refractivity contribution in [2.24, 2.45) is 0 Å². The van der Waals surface area contributed by atoms with Crippen molar-refractivity contribution in [3.63, 3.8) is 0 Å². The molecule has 342 valence electrons. The van der Waals surface area contributed by atoms with Crippen LogP contribution in [0.2, 0.25) is 0 Å². The Morgan fingerprint density at radius 2 is 0.616 bits per heavy atom. The summed E-state index contributed by atoms with van der Waals surface area (Å²) in [5.41, 5.74) is 17.7. The van der Waals surface area contributed by atoms with Crippen molar-refractivity contribution < 1.29 is 8.83 Å². The topological polar surface area (TPSA) is 95.7 Å². The molecule has 0 bridgehead atoms. The lowest BCUT2D eigenvalue weighted by atomic mass is 10.0. The normalized spacial score (nSPS) is 11.6. The van der Waals surface area contributed by atoms with Gasteiger partial charge in [0.05, 0.1) is 11.0 Å². The van der Waals surface area contributed by atoms with Crippen LogP contribution >= 0.6 is 0 Å². The van der Waals surface area contributed by atoms with Gasteiger partial charge in [-0.3, -0.25) is 0 Å². The SMILES string of the molecule is c1ccc(-n2c3ccccc3c3cc(-c4ccc(-c5nc(-c6ccc(-c7ccc(-c8nc9ccccc9o8)cc7)cc6)nc(-c6ccc(-c7ccc(-c8nc9ccccc9o8)cc7)cc6)n5)cc4)ccc32)cc1. The third-order valence-corrected chi connectivity index (χ3v) is 13.6. The second-order valence-electron chi connectivity index (χ2n) is 18.1. The maximum absolute atomic E-state index is 6.03. The van der Waals surface area contributed by atoms with E-state index in [1.54, 1.807) is 0 Å². The fourth-order valence-corrected chi connectivity index (χ4v) is 9.81. The third-order valence-electron chi connectivity index (χ3n) is 13.6. The van der Waals surface area contributed by atoms with E-state index in [2.05, 4.69) is 184 Å². The summed E-state index contributed by atoms with van der Waals surface area (Å²) < 4.78 is 14.4. The summed E-state index contributed by atoms with van der Waals surface area (Å²) in [6.45, 7) is 0. The maximum atomic E-state index is 6.03. The van der Waals surface area contributed by atoms with E-state index in [-0.39, 0.29) is 0 Å². The predicted octanol–water partition coefficient (Wildman–Crippen LogP) is 16.6. The van der Waals surface area contributed by atoms with E-state index in [1.807, 2.05) is 72.8 Å². The van der Waals surface area contributed by atoms with Crippen LogP contribution in [-0.4, -0.2) is 29.5 Å². The number of hydrogen-bond acceptors (Lipinski definition) is 7. The predicted molar refractivity (Wildman–Crippen MR) is 293 cm³/mol. The van der Waals surface area contributed by atoms with Crippen LogP contribution in [0.5, 0.6) is 0 Å². The molecule has 0 N–H and O–H groups in total. The Morgan fingerprint density at radius 3 is 1.08 bits per heavy atom. The van der Waals surface area contributed by atoms with E-state index < -0.39 is 0 Å². The minimum atomic E-state index is 0.584. The van der Waals surface area contributed by atoms with Crippen molar-refractivity contribution in [1.82, 2.24) is 29.5 Å².